The lowest BCUT2D eigenvalue weighted by atomic mass is 9.95. The summed E-state index contributed by atoms with van der Waals surface area (Å²) in [5, 5.41) is 5.77. The van der Waals surface area contributed by atoms with E-state index in [9.17, 15) is 0 Å². The molecule has 0 saturated heterocycles. The average Bonchev–Trinajstić information content (AvgIpc) is 2.87. The Kier molecular flexibility index (Phi) is 2.87. The second-order valence-corrected chi connectivity index (χ2v) is 5.21. The smallest absolute Gasteiger partial charge is 0.118 e. The summed E-state index contributed by atoms with van der Waals surface area (Å²) in [7, 11) is 1.70. The van der Waals surface area contributed by atoms with Crippen molar-refractivity contribution in [1.82, 2.24) is 5.32 Å². The summed E-state index contributed by atoms with van der Waals surface area (Å²) in [6, 6.07) is 10.9. The molecular weight excluding hydrogens is 230 g/mol. The maximum Gasteiger partial charge on any atom is 0.118 e. The molecule has 3 rings (SSSR count). The molecule has 0 radical (unpaired) electrons. The van der Waals surface area contributed by atoms with E-state index in [0.717, 1.165) is 18.7 Å². The van der Waals surface area contributed by atoms with Crippen LogP contribution in [0.1, 0.15) is 22.0 Å². The van der Waals surface area contributed by atoms with Gasteiger partial charge in [-0.25, -0.2) is 0 Å². The molecule has 1 atom stereocenters. The van der Waals surface area contributed by atoms with Crippen molar-refractivity contribution in [1.29, 1.82) is 0 Å². The minimum atomic E-state index is 0.343. The van der Waals surface area contributed by atoms with Crippen molar-refractivity contribution in [3.05, 3.63) is 51.7 Å². The molecule has 0 aliphatic carbocycles. The number of hydrogen-bond donors (Lipinski definition) is 1. The number of methoxy groups -OCH3 is 1. The van der Waals surface area contributed by atoms with E-state index in [-0.39, 0.29) is 0 Å². The molecule has 2 nitrogen and oxygen atoms in total. The van der Waals surface area contributed by atoms with Crippen molar-refractivity contribution in [2.45, 2.75) is 12.5 Å². The average molecular weight is 245 g/mol. The van der Waals surface area contributed by atoms with Gasteiger partial charge in [-0.05, 0) is 41.1 Å². The van der Waals surface area contributed by atoms with Crippen LogP contribution in [0.5, 0.6) is 5.75 Å². The molecule has 0 saturated carbocycles. The lowest BCUT2D eigenvalue weighted by Crippen LogP contribution is -2.29. The van der Waals surface area contributed by atoms with Gasteiger partial charge in [0.15, 0.2) is 0 Å². The van der Waals surface area contributed by atoms with E-state index < -0.39 is 0 Å². The minimum Gasteiger partial charge on any atom is -0.497 e. The fourth-order valence-corrected chi connectivity index (χ4v) is 3.27. The molecule has 1 aliphatic heterocycles. The van der Waals surface area contributed by atoms with Gasteiger partial charge >= 0.3 is 0 Å². The third-order valence-corrected chi connectivity index (χ3v) is 4.24. The summed E-state index contributed by atoms with van der Waals surface area (Å²) >= 11 is 1.87. The van der Waals surface area contributed by atoms with Crippen LogP contribution in [0.2, 0.25) is 0 Å². The summed E-state index contributed by atoms with van der Waals surface area (Å²) in [4.78, 5) is 1.52. The van der Waals surface area contributed by atoms with E-state index in [0.29, 0.717) is 6.04 Å². The van der Waals surface area contributed by atoms with Gasteiger partial charge in [0.1, 0.15) is 5.75 Å². The number of benzene rings is 1. The third kappa shape index (κ3) is 1.96. The molecule has 0 spiro atoms. The highest BCUT2D eigenvalue weighted by Crippen LogP contribution is 2.32. The first kappa shape index (κ1) is 10.8. The van der Waals surface area contributed by atoms with Crippen molar-refractivity contribution in [3.63, 3.8) is 0 Å². The van der Waals surface area contributed by atoms with E-state index in [1.54, 1.807) is 7.11 Å². The van der Waals surface area contributed by atoms with Crippen molar-refractivity contribution in [2.24, 2.45) is 0 Å². The van der Waals surface area contributed by atoms with Gasteiger partial charge in [-0.3, -0.25) is 0 Å². The van der Waals surface area contributed by atoms with Crippen LogP contribution in [0.15, 0.2) is 35.7 Å². The van der Waals surface area contributed by atoms with Gasteiger partial charge in [0.2, 0.25) is 0 Å². The van der Waals surface area contributed by atoms with Crippen molar-refractivity contribution >= 4 is 11.3 Å². The van der Waals surface area contributed by atoms with E-state index in [1.807, 2.05) is 23.5 Å². The predicted molar refractivity (Wildman–Crippen MR) is 70.9 cm³/mol. The Morgan fingerprint density at radius 3 is 2.82 bits per heavy atom. The molecule has 88 valence electrons. The number of rotatable bonds is 2. The quantitative estimate of drug-likeness (QED) is 0.878. The van der Waals surface area contributed by atoms with Crippen LogP contribution in [-0.2, 0) is 6.42 Å². The maximum absolute atomic E-state index is 5.19. The zero-order valence-electron chi connectivity index (χ0n) is 9.77. The van der Waals surface area contributed by atoms with Crippen LogP contribution < -0.4 is 10.1 Å². The van der Waals surface area contributed by atoms with E-state index in [1.165, 1.54) is 16.0 Å². The topological polar surface area (TPSA) is 21.3 Å². The van der Waals surface area contributed by atoms with Gasteiger partial charge in [-0.15, -0.1) is 11.3 Å². The predicted octanol–water partition coefficient (Wildman–Crippen LogP) is 2.99. The van der Waals surface area contributed by atoms with E-state index in [2.05, 4.69) is 28.9 Å². The Morgan fingerprint density at radius 1 is 1.24 bits per heavy atom. The molecule has 1 aliphatic rings. The molecule has 3 heteroatoms. The molecule has 0 bridgehead atoms. The molecule has 17 heavy (non-hydrogen) atoms. The highest BCUT2D eigenvalue weighted by molar-refractivity contribution is 7.10. The van der Waals surface area contributed by atoms with E-state index >= 15 is 0 Å². The SMILES string of the molecule is COc1ccc([C@H]2NCCc3sccc32)cc1. The molecular formula is C14H15NOS. The molecule has 1 aromatic heterocycles. The highest BCUT2D eigenvalue weighted by Gasteiger charge is 2.21. The molecule has 1 N–H and O–H groups in total. The lowest BCUT2D eigenvalue weighted by molar-refractivity contribution is 0.414. The maximum atomic E-state index is 5.19. The second-order valence-electron chi connectivity index (χ2n) is 4.21. The lowest BCUT2D eigenvalue weighted by Gasteiger charge is -2.24. The van der Waals surface area contributed by atoms with Gasteiger partial charge in [0.25, 0.3) is 0 Å². The largest absolute Gasteiger partial charge is 0.497 e. The van der Waals surface area contributed by atoms with Gasteiger partial charge in [0.05, 0.1) is 13.2 Å². The van der Waals surface area contributed by atoms with Gasteiger partial charge in [-0.1, -0.05) is 12.1 Å². The minimum absolute atomic E-state index is 0.343. The Hall–Kier alpha value is -1.32. The number of fused-ring (bicyclic) bond motifs is 1. The first-order valence-corrected chi connectivity index (χ1v) is 6.70. The van der Waals surface area contributed by atoms with Crippen molar-refractivity contribution in [3.8, 4) is 5.75 Å². The van der Waals surface area contributed by atoms with Crippen LogP contribution in [0.25, 0.3) is 0 Å². The Labute approximate surface area is 105 Å². The van der Waals surface area contributed by atoms with E-state index in [4.69, 9.17) is 4.74 Å². The number of hydrogen-bond acceptors (Lipinski definition) is 3. The summed E-state index contributed by atoms with van der Waals surface area (Å²) in [5.74, 6) is 0.912. The normalized spacial score (nSPS) is 18.8. The Morgan fingerprint density at radius 2 is 2.06 bits per heavy atom. The monoisotopic (exact) mass is 245 g/mol. The molecule has 0 fully saturated rings. The highest BCUT2D eigenvalue weighted by atomic mass is 32.1. The van der Waals surface area contributed by atoms with Crippen LogP contribution in [0, 0.1) is 0 Å². The molecule has 1 aromatic carbocycles. The van der Waals surface area contributed by atoms with Crippen LogP contribution in [-0.4, -0.2) is 13.7 Å². The summed E-state index contributed by atoms with van der Waals surface area (Å²) in [6.07, 6.45) is 1.15. The molecule has 0 unspecified atom stereocenters. The standard InChI is InChI=1S/C14H15NOS/c1-16-11-4-2-10(3-5-11)14-12-7-9-17-13(12)6-8-15-14/h2-5,7,9,14-15H,6,8H2,1H3/t14-/m1/s1. The Balaban J connectivity index is 1.95. The second kappa shape index (κ2) is 4.51. The number of nitrogens with one attached hydrogen (secondary N) is 1. The molecule has 2 heterocycles. The van der Waals surface area contributed by atoms with Crippen LogP contribution in [0.4, 0.5) is 0 Å². The van der Waals surface area contributed by atoms with Crippen molar-refractivity contribution in [2.75, 3.05) is 13.7 Å². The zero-order valence-corrected chi connectivity index (χ0v) is 10.6. The number of ether oxygens (including phenoxy) is 1. The number of thiophene rings is 1. The fraction of sp³-hybridized carbons (Fsp3) is 0.286. The van der Waals surface area contributed by atoms with Crippen molar-refractivity contribution < 1.29 is 4.74 Å². The van der Waals surface area contributed by atoms with Gasteiger partial charge in [-0.2, -0.15) is 0 Å². The zero-order chi connectivity index (χ0) is 11.7. The van der Waals surface area contributed by atoms with Gasteiger partial charge < -0.3 is 10.1 Å². The Bertz CT molecular complexity index is 503. The summed E-state index contributed by atoms with van der Waals surface area (Å²) in [5.41, 5.74) is 2.75. The van der Waals surface area contributed by atoms with Crippen LogP contribution in [0.3, 0.4) is 0 Å². The summed E-state index contributed by atoms with van der Waals surface area (Å²) in [6.45, 7) is 1.06. The third-order valence-electron chi connectivity index (χ3n) is 3.24. The van der Waals surface area contributed by atoms with Gasteiger partial charge in [0, 0.05) is 11.4 Å². The fourth-order valence-electron chi connectivity index (χ4n) is 2.34. The van der Waals surface area contributed by atoms with Crippen LogP contribution >= 0.6 is 11.3 Å². The molecule has 0 amide bonds. The first-order valence-electron chi connectivity index (χ1n) is 5.82. The molecule has 2 aromatic rings. The first-order chi connectivity index (χ1) is 8.38. The summed E-state index contributed by atoms with van der Waals surface area (Å²) < 4.78 is 5.19.